The number of benzene rings is 1. The van der Waals surface area contributed by atoms with E-state index in [1.165, 1.54) is 11.8 Å². The standard InChI is InChI=1S/C13H14BrN3O2S2/c1-8-5-9(3-4-10(8)14)15-11(18)6-21-13-17-16-12(19-13)7-20-2/h3-5H,6-7H2,1-2H3,(H,15,18). The summed E-state index contributed by atoms with van der Waals surface area (Å²) in [5.41, 5.74) is 1.84. The van der Waals surface area contributed by atoms with Gasteiger partial charge in [0.05, 0.1) is 11.5 Å². The minimum Gasteiger partial charge on any atom is -0.415 e. The van der Waals surface area contributed by atoms with Gasteiger partial charge in [-0.1, -0.05) is 27.7 Å². The predicted molar refractivity (Wildman–Crippen MR) is 89.7 cm³/mol. The van der Waals surface area contributed by atoms with E-state index in [1.54, 1.807) is 11.8 Å². The van der Waals surface area contributed by atoms with Gasteiger partial charge in [-0.15, -0.1) is 10.2 Å². The summed E-state index contributed by atoms with van der Waals surface area (Å²) >= 11 is 6.26. The number of anilines is 1. The molecule has 1 N–H and O–H groups in total. The second kappa shape index (κ2) is 7.86. The van der Waals surface area contributed by atoms with Gasteiger partial charge in [0.1, 0.15) is 0 Å². The van der Waals surface area contributed by atoms with Crippen LogP contribution in [0.3, 0.4) is 0 Å². The van der Waals surface area contributed by atoms with Crippen LogP contribution < -0.4 is 5.32 Å². The van der Waals surface area contributed by atoms with E-state index in [1.807, 2.05) is 31.4 Å². The highest BCUT2D eigenvalue weighted by molar-refractivity contribution is 9.10. The van der Waals surface area contributed by atoms with Crippen molar-refractivity contribution in [2.75, 3.05) is 17.3 Å². The highest BCUT2D eigenvalue weighted by Gasteiger charge is 2.10. The molecule has 0 fully saturated rings. The Morgan fingerprint density at radius 3 is 2.95 bits per heavy atom. The first kappa shape index (κ1) is 16.4. The lowest BCUT2D eigenvalue weighted by Gasteiger charge is -2.06. The summed E-state index contributed by atoms with van der Waals surface area (Å²) in [6.07, 6.45) is 1.96. The van der Waals surface area contributed by atoms with Crippen LogP contribution in [-0.4, -0.2) is 28.1 Å². The van der Waals surface area contributed by atoms with Gasteiger partial charge in [-0.05, 0) is 36.9 Å². The van der Waals surface area contributed by atoms with Crippen LogP contribution in [0.5, 0.6) is 0 Å². The minimum absolute atomic E-state index is 0.105. The number of halogens is 1. The molecule has 2 rings (SSSR count). The second-order valence-electron chi connectivity index (χ2n) is 4.20. The van der Waals surface area contributed by atoms with Crippen LogP contribution in [0.4, 0.5) is 5.69 Å². The quantitative estimate of drug-likeness (QED) is 0.761. The first-order valence-corrected chi connectivity index (χ1v) is 9.26. The van der Waals surface area contributed by atoms with Crippen molar-refractivity contribution in [2.45, 2.75) is 17.9 Å². The molecular weight excluding hydrogens is 374 g/mol. The fraction of sp³-hybridized carbons (Fsp3) is 0.308. The molecule has 1 aromatic carbocycles. The Morgan fingerprint density at radius 1 is 1.43 bits per heavy atom. The van der Waals surface area contributed by atoms with Gasteiger partial charge >= 0.3 is 0 Å². The summed E-state index contributed by atoms with van der Waals surface area (Å²) in [5.74, 6) is 1.38. The maximum atomic E-state index is 11.9. The van der Waals surface area contributed by atoms with Crippen molar-refractivity contribution < 1.29 is 9.21 Å². The van der Waals surface area contributed by atoms with Gasteiger partial charge in [0.2, 0.25) is 11.8 Å². The number of amides is 1. The zero-order valence-corrected chi connectivity index (χ0v) is 14.8. The summed E-state index contributed by atoms with van der Waals surface area (Å²) in [6.45, 7) is 1.97. The van der Waals surface area contributed by atoms with E-state index in [4.69, 9.17) is 4.42 Å². The summed E-state index contributed by atoms with van der Waals surface area (Å²) < 4.78 is 6.41. The zero-order valence-electron chi connectivity index (χ0n) is 11.6. The Morgan fingerprint density at radius 2 is 2.24 bits per heavy atom. The molecule has 0 atom stereocenters. The van der Waals surface area contributed by atoms with Crippen LogP contribution in [0.15, 0.2) is 32.3 Å². The summed E-state index contributed by atoms with van der Waals surface area (Å²) in [4.78, 5) is 11.9. The predicted octanol–water partition coefficient (Wildman–Crippen LogP) is 3.73. The van der Waals surface area contributed by atoms with Gasteiger partial charge in [-0.2, -0.15) is 11.8 Å². The molecule has 0 spiro atoms. The van der Waals surface area contributed by atoms with Gasteiger partial charge in [0.15, 0.2) is 0 Å². The Bertz CT molecular complexity index is 634. The third-order valence-corrected chi connectivity index (χ3v) is 4.73. The molecule has 112 valence electrons. The van der Waals surface area contributed by atoms with Gasteiger partial charge in [-0.3, -0.25) is 4.79 Å². The first-order chi connectivity index (χ1) is 10.1. The number of carbonyl (C=O) groups is 1. The van der Waals surface area contributed by atoms with Gasteiger partial charge in [0, 0.05) is 10.2 Å². The molecule has 8 heteroatoms. The van der Waals surface area contributed by atoms with Crippen molar-refractivity contribution >= 4 is 51.0 Å². The van der Waals surface area contributed by atoms with Gasteiger partial charge in [-0.25, -0.2) is 0 Å². The van der Waals surface area contributed by atoms with E-state index in [2.05, 4.69) is 31.4 Å². The number of carbonyl (C=O) groups excluding carboxylic acids is 1. The lowest BCUT2D eigenvalue weighted by Crippen LogP contribution is -2.14. The smallest absolute Gasteiger partial charge is 0.277 e. The molecule has 0 aliphatic heterocycles. The van der Waals surface area contributed by atoms with E-state index in [9.17, 15) is 4.79 Å². The Labute approximate surface area is 139 Å². The molecule has 2 aromatic rings. The molecule has 1 amide bonds. The number of aromatic nitrogens is 2. The molecule has 5 nitrogen and oxygen atoms in total. The monoisotopic (exact) mass is 387 g/mol. The number of nitrogens with zero attached hydrogens (tertiary/aromatic N) is 2. The first-order valence-electron chi connectivity index (χ1n) is 6.08. The van der Waals surface area contributed by atoms with E-state index in [0.29, 0.717) is 16.9 Å². The van der Waals surface area contributed by atoms with Crippen LogP contribution in [0, 0.1) is 6.92 Å². The van der Waals surface area contributed by atoms with Crippen molar-refractivity contribution in [3.05, 3.63) is 34.1 Å². The average molecular weight is 388 g/mol. The van der Waals surface area contributed by atoms with Crippen molar-refractivity contribution in [2.24, 2.45) is 0 Å². The van der Waals surface area contributed by atoms with Crippen LogP contribution in [0.1, 0.15) is 11.5 Å². The topological polar surface area (TPSA) is 68.0 Å². The fourth-order valence-electron chi connectivity index (χ4n) is 1.53. The molecule has 21 heavy (non-hydrogen) atoms. The molecule has 1 heterocycles. The van der Waals surface area contributed by atoms with Crippen LogP contribution in [0.25, 0.3) is 0 Å². The summed E-state index contributed by atoms with van der Waals surface area (Å²) in [6, 6.07) is 5.67. The largest absolute Gasteiger partial charge is 0.415 e. The highest BCUT2D eigenvalue weighted by atomic mass is 79.9. The molecule has 0 aliphatic carbocycles. The molecule has 1 aromatic heterocycles. The third-order valence-electron chi connectivity index (χ3n) is 2.48. The van der Waals surface area contributed by atoms with E-state index in [-0.39, 0.29) is 11.7 Å². The molecule has 0 bridgehead atoms. The van der Waals surface area contributed by atoms with Crippen molar-refractivity contribution in [3.8, 4) is 0 Å². The third kappa shape index (κ3) is 5.05. The average Bonchev–Trinajstić information content (AvgIpc) is 2.89. The van der Waals surface area contributed by atoms with E-state index >= 15 is 0 Å². The SMILES string of the molecule is CSCc1nnc(SCC(=O)Nc2ccc(Br)c(C)c2)o1. The number of nitrogens with one attached hydrogen (secondary N) is 1. The maximum absolute atomic E-state index is 11.9. The van der Waals surface area contributed by atoms with Crippen LogP contribution in [-0.2, 0) is 10.5 Å². The molecule has 0 unspecified atom stereocenters. The molecular formula is C13H14BrN3O2S2. The maximum Gasteiger partial charge on any atom is 0.277 e. The summed E-state index contributed by atoms with van der Waals surface area (Å²) in [7, 11) is 0. The van der Waals surface area contributed by atoms with Crippen molar-refractivity contribution in [3.63, 3.8) is 0 Å². The van der Waals surface area contributed by atoms with E-state index in [0.717, 1.165) is 15.7 Å². The lowest BCUT2D eigenvalue weighted by molar-refractivity contribution is -0.113. The van der Waals surface area contributed by atoms with Crippen LogP contribution in [0.2, 0.25) is 0 Å². The van der Waals surface area contributed by atoms with Gasteiger partial charge in [0.25, 0.3) is 5.22 Å². The summed E-state index contributed by atoms with van der Waals surface area (Å²) in [5, 5.41) is 11.0. The van der Waals surface area contributed by atoms with Gasteiger partial charge < -0.3 is 9.73 Å². The van der Waals surface area contributed by atoms with Crippen LogP contribution >= 0.6 is 39.5 Å². The fourth-order valence-corrected chi connectivity index (χ4v) is 2.72. The lowest BCUT2D eigenvalue weighted by atomic mass is 10.2. The molecule has 0 radical (unpaired) electrons. The molecule has 0 aliphatic rings. The van der Waals surface area contributed by atoms with Crippen molar-refractivity contribution in [1.29, 1.82) is 0 Å². The number of aryl methyl sites for hydroxylation is 1. The normalized spacial score (nSPS) is 10.6. The Hall–Kier alpha value is -0.990. The Kier molecular flexibility index (Phi) is 6.13. The molecule has 0 saturated carbocycles. The number of thioether (sulfide) groups is 2. The number of rotatable bonds is 6. The second-order valence-corrected chi connectivity index (χ2v) is 6.84. The van der Waals surface area contributed by atoms with Crippen molar-refractivity contribution in [1.82, 2.24) is 10.2 Å². The molecule has 0 saturated heterocycles. The number of hydrogen-bond acceptors (Lipinski definition) is 6. The van der Waals surface area contributed by atoms with E-state index < -0.39 is 0 Å². The zero-order chi connectivity index (χ0) is 15.2. The number of hydrogen-bond donors (Lipinski definition) is 1. The Balaban J connectivity index is 1.85. The minimum atomic E-state index is -0.105. The highest BCUT2D eigenvalue weighted by Crippen LogP contribution is 2.21.